The molecule has 0 spiro atoms. The van der Waals surface area contributed by atoms with Gasteiger partial charge in [-0.2, -0.15) is 4.31 Å². The molecule has 0 saturated heterocycles. The fourth-order valence-electron chi connectivity index (χ4n) is 1.97. The highest BCUT2D eigenvalue weighted by Crippen LogP contribution is 2.30. The van der Waals surface area contributed by atoms with Gasteiger partial charge in [0.1, 0.15) is 5.69 Å². The Morgan fingerprint density at radius 1 is 1.42 bits per heavy atom. The highest BCUT2D eigenvalue weighted by atomic mass is 32.2. The fourth-order valence-corrected chi connectivity index (χ4v) is 3.42. The Morgan fingerprint density at radius 2 is 2.05 bits per heavy atom. The fraction of sp³-hybridized carbons (Fsp3) is 0.455. The van der Waals surface area contributed by atoms with Gasteiger partial charge in [-0.3, -0.25) is 10.1 Å². The van der Waals surface area contributed by atoms with Crippen molar-refractivity contribution >= 4 is 21.4 Å². The minimum absolute atomic E-state index is 0.00926. The molecule has 0 atom stereocenters. The molecule has 1 fully saturated rings. The van der Waals surface area contributed by atoms with Gasteiger partial charge in [-0.25, -0.2) is 8.42 Å². The van der Waals surface area contributed by atoms with E-state index in [9.17, 15) is 18.5 Å². The van der Waals surface area contributed by atoms with Crippen LogP contribution in [0.2, 0.25) is 0 Å². The summed E-state index contributed by atoms with van der Waals surface area (Å²) in [6.45, 7) is 0. The zero-order chi connectivity index (χ0) is 14.2. The second-order valence-corrected chi connectivity index (χ2v) is 6.58. The van der Waals surface area contributed by atoms with Crippen LogP contribution in [0.25, 0.3) is 0 Å². The Morgan fingerprint density at radius 3 is 2.47 bits per heavy atom. The summed E-state index contributed by atoms with van der Waals surface area (Å²) < 4.78 is 25.9. The average molecular weight is 285 g/mol. The van der Waals surface area contributed by atoms with Crippen LogP contribution in [0.5, 0.6) is 0 Å². The van der Waals surface area contributed by atoms with Gasteiger partial charge in [0, 0.05) is 19.2 Å². The smallest absolute Gasteiger partial charge is 0.292 e. The molecule has 2 rings (SSSR count). The molecule has 0 radical (unpaired) electrons. The standard InChI is InChI=1S/C11H15N3O4S/c1-13(8-3-2-4-8)19(17,18)9-5-6-11(14(15)16)10(12)7-9/h5-8H,2-4,12H2,1H3. The summed E-state index contributed by atoms with van der Waals surface area (Å²) in [6.07, 6.45) is 2.71. The van der Waals surface area contributed by atoms with E-state index in [1.807, 2.05) is 0 Å². The van der Waals surface area contributed by atoms with Gasteiger partial charge in [-0.15, -0.1) is 0 Å². The Kier molecular flexibility index (Phi) is 3.46. The second kappa shape index (κ2) is 4.78. The number of nitrogen functional groups attached to an aromatic ring is 1. The molecule has 1 aliphatic carbocycles. The average Bonchev–Trinajstić information content (AvgIpc) is 2.25. The van der Waals surface area contributed by atoms with Crippen LogP contribution in [0.1, 0.15) is 19.3 Å². The van der Waals surface area contributed by atoms with Gasteiger partial charge in [-0.05, 0) is 25.0 Å². The second-order valence-electron chi connectivity index (χ2n) is 4.58. The highest BCUT2D eigenvalue weighted by molar-refractivity contribution is 7.89. The van der Waals surface area contributed by atoms with Crippen molar-refractivity contribution in [3.63, 3.8) is 0 Å². The monoisotopic (exact) mass is 285 g/mol. The first-order valence-electron chi connectivity index (χ1n) is 5.86. The maximum atomic E-state index is 12.3. The van der Waals surface area contributed by atoms with Crippen molar-refractivity contribution in [1.82, 2.24) is 4.31 Å². The van der Waals surface area contributed by atoms with E-state index in [4.69, 9.17) is 5.73 Å². The summed E-state index contributed by atoms with van der Waals surface area (Å²) in [5.41, 5.74) is 5.08. The van der Waals surface area contributed by atoms with Gasteiger partial charge in [0.15, 0.2) is 0 Å². The molecule has 1 aliphatic rings. The Hall–Kier alpha value is -1.67. The number of anilines is 1. The topological polar surface area (TPSA) is 107 Å². The first-order chi connectivity index (χ1) is 8.84. The van der Waals surface area contributed by atoms with Crippen LogP contribution in [0, 0.1) is 10.1 Å². The van der Waals surface area contributed by atoms with Crippen molar-refractivity contribution in [2.24, 2.45) is 0 Å². The van der Waals surface area contributed by atoms with E-state index >= 15 is 0 Å². The summed E-state index contributed by atoms with van der Waals surface area (Å²) in [7, 11) is -2.11. The van der Waals surface area contributed by atoms with Crippen molar-refractivity contribution < 1.29 is 13.3 Å². The number of hydrogen-bond donors (Lipinski definition) is 1. The van der Waals surface area contributed by atoms with Crippen LogP contribution in [-0.4, -0.2) is 30.7 Å². The van der Waals surface area contributed by atoms with Crippen molar-refractivity contribution in [2.45, 2.75) is 30.2 Å². The largest absolute Gasteiger partial charge is 0.393 e. The first kappa shape index (κ1) is 13.8. The SMILES string of the molecule is CN(C1CCC1)S(=O)(=O)c1ccc([N+](=O)[O-])c(N)c1. The number of nitrogens with zero attached hydrogens (tertiary/aromatic N) is 2. The molecule has 0 aliphatic heterocycles. The number of benzene rings is 1. The zero-order valence-electron chi connectivity index (χ0n) is 10.4. The van der Waals surface area contributed by atoms with Gasteiger partial charge in [0.2, 0.25) is 10.0 Å². The third kappa shape index (κ3) is 2.41. The van der Waals surface area contributed by atoms with Gasteiger partial charge in [0.25, 0.3) is 5.69 Å². The molecule has 7 nitrogen and oxygen atoms in total. The quantitative estimate of drug-likeness (QED) is 0.510. The van der Waals surface area contributed by atoms with E-state index < -0.39 is 14.9 Å². The van der Waals surface area contributed by atoms with Gasteiger partial charge >= 0.3 is 0 Å². The van der Waals surface area contributed by atoms with E-state index in [2.05, 4.69) is 0 Å². The predicted molar refractivity (Wildman–Crippen MR) is 70.1 cm³/mol. The molecule has 8 heteroatoms. The van der Waals surface area contributed by atoms with Crippen LogP contribution >= 0.6 is 0 Å². The molecule has 1 aromatic rings. The normalized spacial score (nSPS) is 16.3. The molecule has 1 aromatic carbocycles. The van der Waals surface area contributed by atoms with Crippen molar-refractivity contribution in [2.75, 3.05) is 12.8 Å². The molecule has 0 heterocycles. The number of nitro groups is 1. The summed E-state index contributed by atoms with van der Waals surface area (Å²) >= 11 is 0. The Balaban J connectivity index is 2.35. The first-order valence-corrected chi connectivity index (χ1v) is 7.30. The Labute approximate surface area is 111 Å². The highest BCUT2D eigenvalue weighted by Gasteiger charge is 2.32. The summed E-state index contributed by atoms with van der Waals surface area (Å²) in [5.74, 6) is 0. The lowest BCUT2D eigenvalue weighted by molar-refractivity contribution is -0.383. The summed E-state index contributed by atoms with van der Waals surface area (Å²) in [6, 6.07) is 3.50. The molecule has 2 N–H and O–H groups in total. The van der Waals surface area contributed by atoms with Crippen molar-refractivity contribution in [1.29, 1.82) is 0 Å². The maximum absolute atomic E-state index is 12.3. The van der Waals surface area contributed by atoms with Crippen LogP contribution in [0.3, 0.4) is 0 Å². The molecule has 19 heavy (non-hydrogen) atoms. The number of nitro benzene ring substituents is 1. The molecular weight excluding hydrogens is 270 g/mol. The maximum Gasteiger partial charge on any atom is 0.292 e. The van der Waals surface area contributed by atoms with E-state index in [1.165, 1.54) is 17.4 Å². The number of nitrogens with two attached hydrogens (primary N) is 1. The summed E-state index contributed by atoms with van der Waals surface area (Å²) in [4.78, 5) is 10.00. The van der Waals surface area contributed by atoms with Crippen LogP contribution in [0.4, 0.5) is 11.4 Å². The van der Waals surface area contributed by atoms with E-state index in [1.54, 1.807) is 0 Å². The van der Waals surface area contributed by atoms with Crippen LogP contribution in [-0.2, 0) is 10.0 Å². The van der Waals surface area contributed by atoms with Crippen LogP contribution < -0.4 is 5.73 Å². The molecule has 104 valence electrons. The van der Waals surface area contributed by atoms with Gasteiger partial charge in [0.05, 0.1) is 9.82 Å². The zero-order valence-corrected chi connectivity index (χ0v) is 11.3. The number of sulfonamides is 1. The molecule has 0 amide bonds. The van der Waals surface area contributed by atoms with Gasteiger partial charge in [-0.1, -0.05) is 6.42 Å². The Bertz CT molecular complexity index is 610. The molecule has 1 saturated carbocycles. The van der Waals surface area contributed by atoms with Gasteiger partial charge < -0.3 is 5.73 Å². The van der Waals surface area contributed by atoms with E-state index in [0.29, 0.717) is 0 Å². The lowest BCUT2D eigenvalue weighted by Crippen LogP contribution is -2.41. The lowest BCUT2D eigenvalue weighted by Gasteiger charge is -2.33. The van der Waals surface area contributed by atoms with Crippen molar-refractivity contribution in [3.05, 3.63) is 28.3 Å². The molecule has 0 unspecified atom stereocenters. The third-order valence-corrected chi connectivity index (χ3v) is 5.37. The minimum atomic E-state index is -3.63. The van der Waals surface area contributed by atoms with E-state index in [-0.39, 0.29) is 22.3 Å². The third-order valence-electron chi connectivity index (χ3n) is 3.46. The lowest BCUT2D eigenvalue weighted by atomic mass is 9.94. The molecule has 0 aromatic heterocycles. The van der Waals surface area contributed by atoms with Crippen molar-refractivity contribution in [3.8, 4) is 0 Å². The van der Waals surface area contributed by atoms with E-state index in [0.717, 1.165) is 31.4 Å². The van der Waals surface area contributed by atoms with Crippen LogP contribution in [0.15, 0.2) is 23.1 Å². The predicted octanol–water partition coefficient (Wildman–Crippen LogP) is 1.35. The summed E-state index contributed by atoms with van der Waals surface area (Å²) in [5, 5.41) is 10.6. The number of hydrogen-bond acceptors (Lipinski definition) is 5. The molecular formula is C11H15N3O4S. The number of rotatable bonds is 4. The molecule has 0 bridgehead atoms. The minimum Gasteiger partial charge on any atom is -0.393 e.